The molecule has 0 aliphatic heterocycles. The quantitative estimate of drug-likeness (QED) is 0.834. The van der Waals surface area contributed by atoms with E-state index in [-0.39, 0.29) is 5.92 Å². The standard InChI is InChI=1S/C13H11ClN2OS/c14-12-6-13(18-9-12)17-5-3-10(7-15)11-2-1-4-16-8-11/h1-2,4,6,8-10H,3,5H2. The summed E-state index contributed by atoms with van der Waals surface area (Å²) in [5, 5.41) is 12.4. The third-order valence-corrected chi connectivity index (χ3v) is 3.62. The van der Waals surface area contributed by atoms with Gasteiger partial charge in [0.25, 0.3) is 0 Å². The molecule has 0 N–H and O–H groups in total. The summed E-state index contributed by atoms with van der Waals surface area (Å²) in [5.74, 6) is -0.186. The molecule has 92 valence electrons. The van der Waals surface area contributed by atoms with E-state index in [1.54, 1.807) is 18.5 Å². The smallest absolute Gasteiger partial charge is 0.175 e. The Morgan fingerprint density at radius 1 is 1.56 bits per heavy atom. The van der Waals surface area contributed by atoms with Gasteiger partial charge in [-0.2, -0.15) is 5.26 Å². The molecule has 2 aromatic rings. The summed E-state index contributed by atoms with van der Waals surface area (Å²) in [6, 6.07) is 7.78. The van der Waals surface area contributed by atoms with Gasteiger partial charge in [-0.05, 0) is 11.6 Å². The lowest BCUT2D eigenvalue weighted by Gasteiger charge is -2.09. The van der Waals surface area contributed by atoms with Gasteiger partial charge in [-0.1, -0.05) is 17.7 Å². The molecule has 0 radical (unpaired) electrons. The summed E-state index contributed by atoms with van der Waals surface area (Å²) in [4.78, 5) is 4.02. The molecule has 0 saturated carbocycles. The number of hydrogen-bond donors (Lipinski definition) is 0. The number of hydrogen-bond acceptors (Lipinski definition) is 4. The minimum atomic E-state index is -0.186. The Morgan fingerprint density at radius 3 is 3.06 bits per heavy atom. The predicted octanol–water partition coefficient (Wildman–Crippen LogP) is 3.87. The van der Waals surface area contributed by atoms with E-state index in [1.165, 1.54) is 11.3 Å². The van der Waals surface area contributed by atoms with Gasteiger partial charge in [0.05, 0.1) is 23.6 Å². The van der Waals surface area contributed by atoms with E-state index in [9.17, 15) is 0 Å². The molecule has 1 atom stereocenters. The molecule has 0 fully saturated rings. The first kappa shape index (κ1) is 12.9. The molecule has 1 unspecified atom stereocenters. The molecule has 2 aromatic heterocycles. The van der Waals surface area contributed by atoms with Gasteiger partial charge in [0.15, 0.2) is 5.06 Å². The minimum Gasteiger partial charge on any atom is -0.484 e. The fraction of sp³-hybridized carbons (Fsp3) is 0.231. The summed E-state index contributed by atoms with van der Waals surface area (Å²) in [6.07, 6.45) is 4.05. The average molecular weight is 279 g/mol. The fourth-order valence-corrected chi connectivity index (χ4v) is 2.48. The maximum absolute atomic E-state index is 9.13. The fourth-order valence-electron chi connectivity index (χ4n) is 1.54. The van der Waals surface area contributed by atoms with Crippen molar-refractivity contribution in [2.45, 2.75) is 12.3 Å². The van der Waals surface area contributed by atoms with Gasteiger partial charge in [0.1, 0.15) is 0 Å². The van der Waals surface area contributed by atoms with Crippen molar-refractivity contribution in [1.29, 1.82) is 5.26 Å². The highest BCUT2D eigenvalue weighted by Crippen LogP contribution is 2.27. The van der Waals surface area contributed by atoms with Crippen LogP contribution in [0.2, 0.25) is 5.02 Å². The normalized spacial score (nSPS) is 11.8. The topological polar surface area (TPSA) is 45.9 Å². The first-order valence-electron chi connectivity index (χ1n) is 5.46. The number of nitrogens with zero attached hydrogens (tertiary/aromatic N) is 2. The highest BCUT2D eigenvalue weighted by Gasteiger charge is 2.11. The van der Waals surface area contributed by atoms with Crippen molar-refractivity contribution >= 4 is 22.9 Å². The van der Waals surface area contributed by atoms with Gasteiger partial charge in [0.2, 0.25) is 0 Å². The molecule has 0 spiro atoms. The second kappa shape index (κ2) is 6.39. The summed E-state index contributed by atoms with van der Waals surface area (Å²) < 4.78 is 5.54. The molecule has 18 heavy (non-hydrogen) atoms. The Morgan fingerprint density at radius 2 is 2.44 bits per heavy atom. The van der Waals surface area contributed by atoms with Gasteiger partial charge < -0.3 is 4.74 Å². The van der Waals surface area contributed by atoms with Crippen molar-refractivity contribution in [3.8, 4) is 11.1 Å². The lowest BCUT2D eigenvalue weighted by atomic mass is 10.00. The van der Waals surface area contributed by atoms with E-state index >= 15 is 0 Å². The van der Waals surface area contributed by atoms with Crippen LogP contribution < -0.4 is 4.74 Å². The van der Waals surface area contributed by atoms with Crippen molar-refractivity contribution in [2.24, 2.45) is 0 Å². The Balaban J connectivity index is 1.87. The molecule has 0 aliphatic carbocycles. The largest absolute Gasteiger partial charge is 0.484 e. The Hall–Kier alpha value is -1.57. The number of halogens is 1. The van der Waals surface area contributed by atoms with Crippen molar-refractivity contribution in [1.82, 2.24) is 4.98 Å². The zero-order valence-electron chi connectivity index (χ0n) is 9.54. The molecule has 0 bridgehead atoms. The molecule has 0 aliphatic rings. The van der Waals surface area contributed by atoms with E-state index < -0.39 is 0 Å². The molecule has 2 heterocycles. The van der Waals surface area contributed by atoms with E-state index in [2.05, 4.69) is 11.1 Å². The van der Waals surface area contributed by atoms with E-state index in [0.29, 0.717) is 18.1 Å². The molecular formula is C13H11ClN2OS. The molecule has 0 amide bonds. The van der Waals surface area contributed by atoms with Crippen LogP contribution in [-0.4, -0.2) is 11.6 Å². The maximum atomic E-state index is 9.13. The van der Waals surface area contributed by atoms with Crippen LogP contribution in [0.5, 0.6) is 5.06 Å². The van der Waals surface area contributed by atoms with Crippen LogP contribution in [0.4, 0.5) is 0 Å². The summed E-state index contributed by atoms with van der Waals surface area (Å²) in [5.41, 5.74) is 0.924. The van der Waals surface area contributed by atoms with Gasteiger partial charge in [-0.15, -0.1) is 11.3 Å². The van der Waals surface area contributed by atoms with Crippen LogP contribution in [0.1, 0.15) is 17.9 Å². The Bertz CT molecular complexity index is 535. The van der Waals surface area contributed by atoms with Crippen LogP contribution in [0.3, 0.4) is 0 Å². The molecule has 0 aromatic carbocycles. The number of thiophene rings is 1. The first-order chi connectivity index (χ1) is 8.79. The summed E-state index contributed by atoms with van der Waals surface area (Å²) in [6.45, 7) is 0.490. The number of pyridine rings is 1. The second-order valence-electron chi connectivity index (χ2n) is 3.69. The third kappa shape index (κ3) is 3.46. The van der Waals surface area contributed by atoms with Gasteiger partial charge in [0, 0.05) is 30.3 Å². The highest BCUT2D eigenvalue weighted by atomic mass is 35.5. The molecule has 2 rings (SSSR count). The molecule has 5 heteroatoms. The predicted molar refractivity (Wildman–Crippen MR) is 72.0 cm³/mol. The molecule has 3 nitrogen and oxygen atoms in total. The minimum absolute atomic E-state index is 0.186. The van der Waals surface area contributed by atoms with E-state index in [0.717, 1.165) is 10.6 Å². The van der Waals surface area contributed by atoms with Crippen molar-refractivity contribution < 1.29 is 4.74 Å². The maximum Gasteiger partial charge on any atom is 0.175 e. The SMILES string of the molecule is N#CC(CCOc1cc(Cl)cs1)c1cccnc1. The van der Waals surface area contributed by atoms with Gasteiger partial charge in [-0.3, -0.25) is 4.98 Å². The van der Waals surface area contributed by atoms with Gasteiger partial charge in [-0.25, -0.2) is 0 Å². The molecule has 0 saturated heterocycles. The first-order valence-corrected chi connectivity index (χ1v) is 6.71. The number of rotatable bonds is 5. The molecular weight excluding hydrogens is 268 g/mol. The second-order valence-corrected chi connectivity index (χ2v) is 5.00. The van der Waals surface area contributed by atoms with E-state index in [4.69, 9.17) is 21.6 Å². The lowest BCUT2D eigenvalue weighted by Crippen LogP contribution is -2.04. The van der Waals surface area contributed by atoms with E-state index in [1.807, 2.05) is 17.5 Å². The average Bonchev–Trinajstić information content (AvgIpc) is 2.81. The van der Waals surface area contributed by atoms with Crippen LogP contribution in [0, 0.1) is 11.3 Å². The van der Waals surface area contributed by atoms with Gasteiger partial charge >= 0.3 is 0 Å². The van der Waals surface area contributed by atoms with Crippen molar-refractivity contribution in [2.75, 3.05) is 6.61 Å². The highest BCUT2D eigenvalue weighted by molar-refractivity contribution is 7.12. The van der Waals surface area contributed by atoms with Crippen molar-refractivity contribution in [3.05, 3.63) is 46.6 Å². The summed E-state index contributed by atoms with van der Waals surface area (Å²) in [7, 11) is 0. The number of aromatic nitrogens is 1. The Kier molecular flexibility index (Phi) is 4.57. The van der Waals surface area contributed by atoms with Crippen LogP contribution in [-0.2, 0) is 0 Å². The zero-order valence-corrected chi connectivity index (χ0v) is 11.1. The summed E-state index contributed by atoms with van der Waals surface area (Å²) >= 11 is 7.25. The third-order valence-electron chi connectivity index (χ3n) is 2.44. The number of nitriles is 1. The van der Waals surface area contributed by atoms with Crippen LogP contribution >= 0.6 is 22.9 Å². The number of ether oxygens (including phenoxy) is 1. The van der Waals surface area contributed by atoms with Crippen LogP contribution in [0.15, 0.2) is 36.0 Å². The van der Waals surface area contributed by atoms with Crippen molar-refractivity contribution in [3.63, 3.8) is 0 Å². The monoisotopic (exact) mass is 278 g/mol. The lowest BCUT2D eigenvalue weighted by molar-refractivity contribution is 0.314. The van der Waals surface area contributed by atoms with Crippen LogP contribution in [0.25, 0.3) is 0 Å². The zero-order chi connectivity index (χ0) is 12.8. The Labute approximate surface area is 115 Å².